The predicted octanol–water partition coefficient (Wildman–Crippen LogP) is 3.38. The highest BCUT2D eigenvalue weighted by atomic mass is 19.3. The van der Waals surface area contributed by atoms with Gasteiger partial charge in [-0.25, -0.2) is 13.2 Å². The van der Waals surface area contributed by atoms with E-state index in [0.29, 0.717) is 31.7 Å². The van der Waals surface area contributed by atoms with Gasteiger partial charge in [-0.15, -0.1) is 0 Å². The van der Waals surface area contributed by atoms with E-state index in [9.17, 15) is 28.0 Å². The van der Waals surface area contributed by atoms with Crippen LogP contribution in [0.4, 0.5) is 18.9 Å². The van der Waals surface area contributed by atoms with E-state index >= 15 is 4.39 Å². The average Bonchev–Trinajstić information content (AvgIpc) is 3.52. The van der Waals surface area contributed by atoms with Crippen LogP contribution in [0, 0.1) is 11.7 Å². The van der Waals surface area contributed by atoms with Gasteiger partial charge in [0.2, 0.25) is 23.6 Å². The molecule has 0 unspecified atom stereocenters. The monoisotopic (exact) mass is 647 g/mol. The van der Waals surface area contributed by atoms with Crippen LogP contribution in [-0.4, -0.2) is 94.4 Å². The molecule has 14 heteroatoms. The lowest BCUT2D eigenvalue weighted by atomic mass is 9.81. The Morgan fingerprint density at radius 1 is 1.02 bits per heavy atom. The number of anilines is 1. The fourth-order valence-electron chi connectivity index (χ4n) is 5.89. The minimum absolute atomic E-state index is 0.00241. The molecular formula is C32H44F3N7O4. The molecule has 0 bridgehead atoms. The van der Waals surface area contributed by atoms with Crippen molar-refractivity contribution in [2.45, 2.75) is 83.3 Å². The van der Waals surface area contributed by atoms with Crippen LogP contribution in [0.25, 0.3) is 0 Å². The first kappa shape index (κ1) is 34.9. The number of rotatable bonds is 11. The standard InChI is InChI=1S/C32H44F3N7O4/c1-5-27(43)37-25(31(46)41-16-14-40(4)15-17-41)19-21-6-7-24(23(33)18-21)38-30(45)28(22-8-11-32(34,35)12-9-22)39-29(44)26-10-13-36-42(26)20(2)3/h6-7,10,13,18,20,22,25,28H,5,8-9,11-12,14-17,19H2,1-4H3,(H,37,43)(H,38,45)(H,39,44)/t25-,28+/m1/s1. The summed E-state index contributed by atoms with van der Waals surface area (Å²) in [5.41, 5.74) is 0.474. The maximum absolute atomic E-state index is 15.4. The Morgan fingerprint density at radius 2 is 1.70 bits per heavy atom. The van der Waals surface area contributed by atoms with E-state index in [1.165, 1.54) is 29.1 Å². The summed E-state index contributed by atoms with van der Waals surface area (Å²) in [7, 11) is 1.97. The van der Waals surface area contributed by atoms with E-state index in [1.807, 2.05) is 20.9 Å². The predicted molar refractivity (Wildman–Crippen MR) is 166 cm³/mol. The molecule has 1 aromatic heterocycles. The summed E-state index contributed by atoms with van der Waals surface area (Å²) < 4.78 is 44.8. The van der Waals surface area contributed by atoms with Crippen molar-refractivity contribution in [2.75, 3.05) is 38.5 Å². The van der Waals surface area contributed by atoms with Crippen molar-refractivity contribution >= 4 is 29.3 Å². The molecule has 2 fully saturated rings. The Hall–Kier alpha value is -3.94. The van der Waals surface area contributed by atoms with Crippen molar-refractivity contribution in [1.82, 2.24) is 30.2 Å². The van der Waals surface area contributed by atoms with Crippen LogP contribution in [0.5, 0.6) is 0 Å². The highest BCUT2D eigenvalue weighted by Crippen LogP contribution is 2.38. The van der Waals surface area contributed by atoms with Gasteiger partial charge in [-0.1, -0.05) is 13.0 Å². The molecule has 2 aliphatic rings. The number of piperazine rings is 1. The molecule has 46 heavy (non-hydrogen) atoms. The Kier molecular flexibility index (Phi) is 11.5. The van der Waals surface area contributed by atoms with Crippen molar-refractivity contribution in [3.8, 4) is 0 Å². The van der Waals surface area contributed by atoms with Crippen molar-refractivity contribution in [1.29, 1.82) is 0 Å². The second kappa shape index (κ2) is 15.1. The van der Waals surface area contributed by atoms with Crippen molar-refractivity contribution in [3.05, 3.63) is 47.5 Å². The van der Waals surface area contributed by atoms with Gasteiger partial charge in [0.1, 0.15) is 23.6 Å². The average molecular weight is 648 g/mol. The molecule has 4 amide bonds. The normalized spacial score (nSPS) is 18.6. The summed E-state index contributed by atoms with van der Waals surface area (Å²) in [4.78, 5) is 56.1. The first-order valence-corrected chi connectivity index (χ1v) is 15.9. The zero-order chi connectivity index (χ0) is 33.6. The molecule has 2 aromatic rings. The van der Waals surface area contributed by atoms with Gasteiger partial charge in [-0.3, -0.25) is 23.9 Å². The fraction of sp³-hybridized carbons (Fsp3) is 0.594. The highest BCUT2D eigenvalue weighted by Gasteiger charge is 2.41. The Bertz CT molecular complexity index is 1400. The number of nitrogens with one attached hydrogen (secondary N) is 3. The molecule has 0 spiro atoms. The summed E-state index contributed by atoms with van der Waals surface area (Å²) >= 11 is 0. The molecule has 3 N–H and O–H groups in total. The van der Waals surface area contributed by atoms with E-state index in [4.69, 9.17) is 0 Å². The molecule has 2 heterocycles. The lowest BCUT2D eigenvalue weighted by molar-refractivity contribution is -0.137. The number of aromatic nitrogens is 2. The summed E-state index contributed by atoms with van der Waals surface area (Å²) in [6.07, 6.45) is 0.840. The summed E-state index contributed by atoms with van der Waals surface area (Å²) in [5, 5.41) is 12.1. The third-order valence-corrected chi connectivity index (χ3v) is 8.69. The third-order valence-electron chi connectivity index (χ3n) is 8.69. The van der Waals surface area contributed by atoms with E-state index in [2.05, 4.69) is 25.9 Å². The van der Waals surface area contributed by atoms with E-state index in [0.717, 1.165) is 0 Å². The number of hydrogen-bond donors (Lipinski definition) is 3. The number of likely N-dealkylation sites (N-methyl/N-ethyl adjacent to an activating group) is 1. The van der Waals surface area contributed by atoms with Crippen LogP contribution in [-0.2, 0) is 20.8 Å². The lowest BCUT2D eigenvalue weighted by Gasteiger charge is -2.35. The molecule has 1 aliphatic heterocycles. The Balaban J connectivity index is 1.50. The zero-order valence-corrected chi connectivity index (χ0v) is 26.8. The minimum atomic E-state index is -2.85. The SMILES string of the molecule is CCC(=O)N[C@H](Cc1ccc(NC(=O)[C@@H](NC(=O)c2ccnn2C(C)C)C2CCC(F)(F)CC2)c(F)c1)C(=O)N1CCN(C)CC1. The molecule has 2 atom stereocenters. The highest BCUT2D eigenvalue weighted by molar-refractivity contribution is 6.00. The van der Waals surface area contributed by atoms with E-state index in [1.54, 1.807) is 17.9 Å². The van der Waals surface area contributed by atoms with E-state index in [-0.39, 0.29) is 54.9 Å². The number of benzene rings is 1. The Morgan fingerprint density at radius 3 is 2.30 bits per heavy atom. The topological polar surface area (TPSA) is 129 Å². The quantitative estimate of drug-likeness (QED) is 0.343. The summed E-state index contributed by atoms with van der Waals surface area (Å²) in [6, 6.07) is 3.36. The van der Waals surface area contributed by atoms with Gasteiger partial charge in [0.25, 0.3) is 5.91 Å². The number of carbonyl (C=O) groups excluding carboxylic acids is 4. The third kappa shape index (κ3) is 8.86. The van der Waals surface area contributed by atoms with Gasteiger partial charge in [0.05, 0.1) is 5.69 Å². The maximum Gasteiger partial charge on any atom is 0.270 e. The molecule has 0 radical (unpaired) electrons. The first-order valence-electron chi connectivity index (χ1n) is 15.9. The molecule has 1 saturated carbocycles. The van der Waals surface area contributed by atoms with Gasteiger partial charge in [-0.05, 0) is 63.4 Å². The second-order valence-electron chi connectivity index (χ2n) is 12.5. The van der Waals surface area contributed by atoms with Crippen molar-refractivity contribution in [2.24, 2.45) is 5.92 Å². The van der Waals surface area contributed by atoms with Crippen LogP contribution in [0.1, 0.15) is 75.0 Å². The van der Waals surface area contributed by atoms with Crippen LogP contribution in [0.2, 0.25) is 0 Å². The van der Waals surface area contributed by atoms with Crippen molar-refractivity contribution in [3.63, 3.8) is 0 Å². The lowest BCUT2D eigenvalue weighted by Crippen LogP contribution is -2.54. The molecule has 1 aliphatic carbocycles. The number of hydrogen-bond acceptors (Lipinski definition) is 6. The summed E-state index contributed by atoms with van der Waals surface area (Å²) in [6.45, 7) is 7.80. The van der Waals surface area contributed by atoms with Gasteiger partial charge >= 0.3 is 0 Å². The molecule has 11 nitrogen and oxygen atoms in total. The number of amides is 4. The molecule has 1 aromatic carbocycles. The van der Waals surface area contributed by atoms with Gasteiger partial charge in [0.15, 0.2) is 0 Å². The smallest absolute Gasteiger partial charge is 0.270 e. The van der Waals surface area contributed by atoms with Gasteiger partial charge in [-0.2, -0.15) is 5.10 Å². The Labute approximate surface area is 267 Å². The summed E-state index contributed by atoms with van der Waals surface area (Å²) in [5.74, 6) is -6.10. The first-order chi connectivity index (χ1) is 21.8. The molecule has 1 saturated heterocycles. The maximum atomic E-state index is 15.4. The van der Waals surface area contributed by atoms with Crippen molar-refractivity contribution < 1.29 is 32.3 Å². The number of carbonyl (C=O) groups is 4. The van der Waals surface area contributed by atoms with Crippen LogP contribution >= 0.6 is 0 Å². The molecular weight excluding hydrogens is 603 g/mol. The van der Waals surface area contributed by atoms with Gasteiger partial charge in [0, 0.05) is 64.1 Å². The van der Waals surface area contributed by atoms with E-state index < -0.39 is 54.4 Å². The van der Waals surface area contributed by atoms with Gasteiger partial charge < -0.3 is 25.8 Å². The number of alkyl halides is 2. The molecule has 4 rings (SSSR count). The number of halogens is 3. The minimum Gasteiger partial charge on any atom is -0.344 e. The largest absolute Gasteiger partial charge is 0.344 e. The fourth-order valence-corrected chi connectivity index (χ4v) is 5.89. The van der Waals surface area contributed by atoms with Crippen LogP contribution < -0.4 is 16.0 Å². The van der Waals surface area contributed by atoms with Crippen LogP contribution in [0.3, 0.4) is 0 Å². The second-order valence-corrected chi connectivity index (χ2v) is 12.5. The zero-order valence-electron chi connectivity index (χ0n) is 26.8. The molecule has 252 valence electrons. The van der Waals surface area contributed by atoms with Crippen LogP contribution in [0.15, 0.2) is 30.5 Å². The number of nitrogens with zero attached hydrogens (tertiary/aromatic N) is 4.